The molecule has 0 aromatic carbocycles. The fourth-order valence-electron chi connectivity index (χ4n) is 0.629. The van der Waals surface area contributed by atoms with Gasteiger partial charge in [0.15, 0.2) is 0 Å². The maximum atomic E-state index is 11.3. The van der Waals surface area contributed by atoms with Crippen LogP contribution in [0.15, 0.2) is 0 Å². The number of hydrogen-bond donors (Lipinski definition) is 0. The van der Waals surface area contributed by atoms with E-state index >= 15 is 0 Å². The minimum Gasteiger partial charge on any atom is -0.331 e. The molecule has 0 aliphatic rings. The van der Waals surface area contributed by atoms with Crippen LogP contribution >= 0.6 is 11.8 Å². The van der Waals surface area contributed by atoms with E-state index in [9.17, 15) is 4.79 Å². The Hall–Kier alpha value is -0.380. The molecule has 0 saturated carbocycles. The van der Waals surface area contributed by atoms with Crippen molar-refractivity contribution in [1.82, 2.24) is 9.80 Å². The Balaban J connectivity index is 4.02. The van der Waals surface area contributed by atoms with Gasteiger partial charge in [-0.3, -0.25) is 0 Å². The van der Waals surface area contributed by atoms with E-state index in [0.29, 0.717) is 0 Å². The molecule has 1 unspecified atom stereocenters. The van der Waals surface area contributed by atoms with Crippen molar-refractivity contribution in [3.8, 4) is 0 Å². The van der Waals surface area contributed by atoms with Gasteiger partial charge in [0.25, 0.3) is 0 Å². The molecule has 0 aliphatic carbocycles. The van der Waals surface area contributed by atoms with E-state index in [2.05, 4.69) is 0 Å². The quantitative estimate of drug-likeness (QED) is 0.592. The van der Waals surface area contributed by atoms with Gasteiger partial charge in [-0.25, -0.2) is 4.79 Å². The minimum atomic E-state index is 0.0480. The van der Waals surface area contributed by atoms with E-state index in [1.165, 1.54) is 0 Å². The van der Waals surface area contributed by atoms with E-state index < -0.39 is 0 Å². The number of thioether (sulfide) groups is 1. The number of amides is 2. The maximum Gasteiger partial charge on any atom is 0.320 e. The Labute approximate surface area is 72.7 Å². The van der Waals surface area contributed by atoms with Gasteiger partial charge < -0.3 is 9.80 Å². The second-order valence-corrected chi connectivity index (χ2v) is 3.78. The van der Waals surface area contributed by atoms with Crippen LogP contribution in [0.4, 0.5) is 4.79 Å². The summed E-state index contributed by atoms with van der Waals surface area (Å²) in [6.07, 6.45) is 1.99. The van der Waals surface area contributed by atoms with Crippen molar-refractivity contribution < 1.29 is 4.79 Å². The van der Waals surface area contributed by atoms with Gasteiger partial charge in [0.05, 0.1) is 5.37 Å². The van der Waals surface area contributed by atoms with Gasteiger partial charge in [-0.1, -0.05) is 0 Å². The van der Waals surface area contributed by atoms with Gasteiger partial charge in [-0.2, -0.15) is 0 Å². The molecular formula is C7H16N2OS. The third kappa shape index (κ3) is 3.01. The van der Waals surface area contributed by atoms with E-state index in [-0.39, 0.29) is 11.4 Å². The number of carbonyl (C=O) groups excluding carboxylic acids is 1. The van der Waals surface area contributed by atoms with Gasteiger partial charge >= 0.3 is 6.03 Å². The third-order valence-electron chi connectivity index (χ3n) is 1.57. The van der Waals surface area contributed by atoms with E-state index in [1.807, 2.05) is 20.2 Å². The molecule has 66 valence electrons. The lowest BCUT2D eigenvalue weighted by atomic mass is 10.6. The molecule has 0 fully saturated rings. The Morgan fingerprint density at radius 2 is 1.82 bits per heavy atom. The third-order valence-corrected chi connectivity index (χ3v) is 2.57. The Bertz CT molecular complexity index is 138. The smallest absolute Gasteiger partial charge is 0.320 e. The maximum absolute atomic E-state index is 11.3. The summed E-state index contributed by atoms with van der Waals surface area (Å²) < 4.78 is 0. The lowest BCUT2D eigenvalue weighted by molar-refractivity contribution is 0.180. The Morgan fingerprint density at radius 1 is 1.36 bits per heavy atom. The van der Waals surface area contributed by atoms with Gasteiger partial charge in [0.2, 0.25) is 0 Å². The topological polar surface area (TPSA) is 23.6 Å². The molecule has 0 radical (unpaired) electrons. The van der Waals surface area contributed by atoms with Crippen LogP contribution in [0.5, 0.6) is 0 Å². The zero-order valence-corrected chi connectivity index (χ0v) is 8.60. The summed E-state index contributed by atoms with van der Waals surface area (Å²) in [5.74, 6) is 0. The van der Waals surface area contributed by atoms with Gasteiger partial charge in [0, 0.05) is 21.1 Å². The van der Waals surface area contributed by atoms with Crippen LogP contribution in [0.1, 0.15) is 6.92 Å². The molecule has 0 aliphatic heterocycles. The van der Waals surface area contributed by atoms with Crippen molar-refractivity contribution in [2.75, 3.05) is 27.4 Å². The van der Waals surface area contributed by atoms with Crippen molar-refractivity contribution in [3.63, 3.8) is 0 Å². The van der Waals surface area contributed by atoms with Crippen LogP contribution in [-0.4, -0.2) is 48.6 Å². The monoisotopic (exact) mass is 176 g/mol. The summed E-state index contributed by atoms with van der Waals surface area (Å²) in [6.45, 7) is 2.01. The molecule has 1 atom stereocenters. The van der Waals surface area contributed by atoms with E-state index in [0.717, 1.165) is 0 Å². The highest BCUT2D eigenvalue weighted by Crippen LogP contribution is 2.10. The number of nitrogens with zero attached hydrogens (tertiary/aromatic N) is 2. The first kappa shape index (κ1) is 10.6. The standard InChI is InChI=1S/C7H16N2OS/c1-6(11-5)9(4)7(10)8(2)3/h6H,1-5H3. The van der Waals surface area contributed by atoms with Crippen LogP contribution in [0.2, 0.25) is 0 Å². The van der Waals surface area contributed by atoms with Crippen molar-refractivity contribution in [1.29, 1.82) is 0 Å². The Kier molecular flexibility index (Phi) is 4.33. The first-order chi connectivity index (χ1) is 5.00. The second kappa shape index (κ2) is 4.49. The van der Waals surface area contributed by atoms with Crippen LogP contribution in [0, 0.1) is 0 Å². The van der Waals surface area contributed by atoms with Crippen LogP contribution in [0.25, 0.3) is 0 Å². The summed E-state index contributed by atoms with van der Waals surface area (Å²) >= 11 is 1.66. The number of hydrogen-bond acceptors (Lipinski definition) is 2. The highest BCUT2D eigenvalue weighted by atomic mass is 32.2. The van der Waals surface area contributed by atoms with Gasteiger partial charge in [0.1, 0.15) is 0 Å². The van der Waals surface area contributed by atoms with Gasteiger partial charge in [-0.05, 0) is 13.2 Å². The summed E-state index contributed by atoms with van der Waals surface area (Å²) in [4.78, 5) is 14.6. The predicted molar refractivity (Wildman–Crippen MR) is 49.8 cm³/mol. The zero-order valence-electron chi connectivity index (χ0n) is 7.79. The normalized spacial score (nSPS) is 12.5. The van der Waals surface area contributed by atoms with E-state index in [1.54, 1.807) is 35.7 Å². The van der Waals surface area contributed by atoms with Crippen LogP contribution < -0.4 is 0 Å². The Morgan fingerprint density at radius 3 is 2.09 bits per heavy atom. The largest absolute Gasteiger partial charge is 0.331 e. The lowest BCUT2D eigenvalue weighted by Gasteiger charge is -2.26. The summed E-state index contributed by atoms with van der Waals surface area (Å²) in [5, 5.41) is 0.241. The van der Waals surface area contributed by atoms with Crippen molar-refractivity contribution in [3.05, 3.63) is 0 Å². The SMILES string of the molecule is CSC(C)N(C)C(=O)N(C)C. The molecule has 0 heterocycles. The summed E-state index contributed by atoms with van der Waals surface area (Å²) in [5.41, 5.74) is 0. The lowest BCUT2D eigenvalue weighted by Crippen LogP contribution is -2.40. The molecule has 0 spiro atoms. The summed E-state index contributed by atoms with van der Waals surface area (Å²) in [7, 11) is 5.32. The fourth-order valence-corrected chi connectivity index (χ4v) is 1.04. The molecule has 0 bridgehead atoms. The molecule has 3 nitrogen and oxygen atoms in total. The first-order valence-electron chi connectivity index (χ1n) is 3.47. The van der Waals surface area contributed by atoms with E-state index in [4.69, 9.17) is 0 Å². The highest BCUT2D eigenvalue weighted by Gasteiger charge is 2.15. The molecule has 11 heavy (non-hydrogen) atoms. The number of carbonyl (C=O) groups is 1. The summed E-state index contributed by atoms with van der Waals surface area (Å²) in [6, 6.07) is 0.0480. The van der Waals surface area contributed by atoms with Crippen molar-refractivity contribution in [2.45, 2.75) is 12.3 Å². The minimum absolute atomic E-state index is 0.0480. The number of urea groups is 1. The molecule has 0 aromatic rings. The second-order valence-electron chi connectivity index (χ2n) is 2.62. The zero-order chi connectivity index (χ0) is 9.02. The average Bonchev–Trinajstić information content (AvgIpc) is 2.00. The molecule has 0 aromatic heterocycles. The average molecular weight is 176 g/mol. The molecule has 2 amide bonds. The highest BCUT2D eigenvalue weighted by molar-refractivity contribution is 7.99. The molecule has 0 N–H and O–H groups in total. The van der Waals surface area contributed by atoms with Crippen LogP contribution in [-0.2, 0) is 0 Å². The predicted octanol–water partition coefficient (Wildman–Crippen LogP) is 1.31. The van der Waals surface area contributed by atoms with Crippen molar-refractivity contribution >= 4 is 17.8 Å². The first-order valence-corrected chi connectivity index (χ1v) is 4.76. The van der Waals surface area contributed by atoms with Gasteiger partial charge in [-0.15, -0.1) is 11.8 Å². The fraction of sp³-hybridized carbons (Fsp3) is 0.857. The molecular weight excluding hydrogens is 160 g/mol. The van der Waals surface area contributed by atoms with Crippen LogP contribution in [0.3, 0.4) is 0 Å². The van der Waals surface area contributed by atoms with Crippen molar-refractivity contribution in [2.24, 2.45) is 0 Å². The molecule has 4 heteroatoms. The molecule has 0 saturated heterocycles. The number of rotatable bonds is 2. The molecule has 0 rings (SSSR count).